The minimum Gasteiger partial charge on any atom is -0.381 e. The number of hydrogen-bond acceptors (Lipinski definition) is 5. The Balaban J connectivity index is 1.74. The van der Waals surface area contributed by atoms with Crippen LogP contribution in [0.3, 0.4) is 0 Å². The second-order valence-corrected chi connectivity index (χ2v) is 7.08. The number of likely N-dealkylation sites (N-methyl/N-ethyl adjacent to an activating group) is 1. The number of hydrogen-bond donors (Lipinski definition) is 1. The first-order chi connectivity index (χ1) is 11.7. The maximum atomic E-state index is 12.5. The van der Waals surface area contributed by atoms with Gasteiger partial charge in [0, 0.05) is 38.1 Å². The molecule has 24 heavy (non-hydrogen) atoms. The van der Waals surface area contributed by atoms with Crippen LogP contribution in [0.5, 0.6) is 0 Å². The lowest BCUT2D eigenvalue weighted by Crippen LogP contribution is -2.24. The van der Waals surface area contributed by atoms with Crippen molar-refractivity contribution in [3.8, 4) is 0 Å². The number of likely N-dealkylation sites (tertiary alicyclic amines) is 1. The van der Waals surface area contributed by atoms with Crippen molar-refractivity contribution < 1.29 is 4.74 Å². The van der Waals surface area contributed by atoms with Crippen molar-refractivity contribution in [3.05, 3.63) is 28.2 Å². The highest BCUT2D eigenvalue weighted by Crippen LogP contribution is 2.30. The molecule has 0 amide bonds. The van der Waals surface area contributed by atoms with E-state index in [1.165, 1.54) is 0 Å². The first kappa shape index (κ1) is 15.8. The van der Waals surface area contributed by atoms with E-state index in [1.54, 1.807) is 10.7 Å². The topological polar surface area (TPSA) is 75.5 Å². The zero-order valence-electron chi connectivity index (χ0n) is 14.4. The summed E-state index contributed by atoms with van der Waals surface area (Å²) in [5.74, 6) is 2.77. The summed E-state index contributed by atoms with van der Waals surface area (Å²) >= 11 is 0. The van der Waals surface area contributed by atoms with E-state index in [0.29, 0.717) is 17.4 Å². The van der Waals surface area contributed by atoms with Crippen LogP contribution in [0.2, 0.25) is 0 Å². The smallest absolute Gasteiger partial charge is 0.276 e. The molecule has 2 unspecified atom stereocenters. The van der Waals surface area contributed by atoms with Crippen LogP contribution in [-0.4, -0.2) is 57.3 Å². The lowest BCUT2D eigenvalue weighted by Gasteiger charge is -2.21. The normalized spacial score (nSPS) is 26.4. The molecule has 2 fully saturated rings. The molecular formula is C17H25N5O2. The van der Waals surface area contributed by atoms with Crippen LogP contribution in [0.1, 0.15) is 50.2 Å². The molecule has 0 radical (unpaired) electrons. The fraction of sp³-hybridized carbons (Fsp3) is 0.706. The van der Waals surface area contributed by atoms with Crippen LogP contribution in [0.25, 0.3) is 5.52 Å². The Morgan fingerprint density at radius 2 is 2.12 bits per heavy atom. The molecule has 4 heterocycles. The van der Waals surface area contributed by atoms with E-state index in [4.69, 9.17) is 9.84 Å². The zero-order valence-corrected chi connectivity index (χ0v) is 14.4. The molecule has 0 spiro atoms. The second-order valence-electron chi connectivity index (χ2n) is 7.08. The van der Waals surface area contributed by atoms with Crippen LogP contribution in [0.4, 0.5) is 0 Å². The lowest BCUT2D eigenvalue weighted by atomic mass is 9.97. The number of imidazole rings is 1. The Kier molecular flexibility index (Phi) is 4.14. The van der Waals surface area contributed by atoms with Crippen molar-refractivity contribution >= 4 is 5.52 Å². The third kappa shape index (κ3) is 2.65. The van der Waals surface area contributed by atoms with Crippen molar-refractivity contribution in [3.63, 3.8) is 0 Å². The standard InChI is InChI=1S/C17H25N5O2/c1-3-21-9-11(2)13(10-21)15-19-17(23)14-8-18-16(22(14)20-15)12-4-6-24-7-5-12/h8,11-13H,3-7,9-10H2,1-2H3,(H,19,20,23). The van der Waals surface area contributed by atoms with Crippen molar-refractivity contribution in [2.45, 2.75) is 38.5 Å². The quantitative estimate of drug-likeness (QED) is 0.919. The fourth-order valence-corrected chi connectivity index (χ4v) is 4.02. The number of aromatic amines is 1. The molecule has 2 atom stereocenters. The van der Waals surface area contributed by atoms with Gasteiger partial charge in [-0.3, -0.25) is 4.79 Å². The van der Waals surface area contributed by atoms with E-state index in [9.17, 15) is 4.79 Å². The molecule has 2 aromatic heterocycles. The SMILES string of the molecule is CCN1CC(C)C(c2nn3c(C4CCOCC4)ncc3c(=O)[nH]2)C1. The largest absolute Gasteiger partial charge is 0.381 e. The van der Waals surface area contributed by atoms with Gasteiger partial charge in [-0.1, -0.05) is 13.8 Å². The summed E-state index contributed by atoms with van der Waals surface area (Å²) in [5.41, 5.74) is 0.450. The van der Waals surface area contributed by atoms with Gasteiger partial charge in [0.2, 0.25) is 0 Å². The minimum atomic E-state index is -0.0899. The highest BCUT2D eigenvalue weighted by molar-refractivity contribution is 5.42. The van der Waals surface area contributed by atoms with Crippen molar-refractivity contribution in [1.29, 1.82) is 0 Å². The van der Waals surface area contributed by atoms with Crippen LogP contribution < -0.4 is 5.56 Å². The lowest BCUT2D eigenvalue weighted by molar-refractivity contribution is 0.0832. The maximum absolute atomic E-state index is 12.5. The van der Waals surface area contributed by atoms with Gasteiger partial charge in [-0.2, -0.15) is 5.10 Å². The molecule has 0 saturated carbocycles. The number of aromatic nitrogens is 4. The highest BCUT2D eigenvalue weighted by atomic mass is 16.5. The van der Waals surface area contributed by atoms with Crippen LogP contribution >= 0.6 is 0 Å². The Hall–Kier alpha value is -1.73. The minimum absolute atomic E-state index is 0.0899. The maximum Gasteiger partial charge on any atom is 0.276 e. The predicted molar refractivity (Wildman–Crippen MR) is 90.4 cm³/mol. The van der Waals surface area contributed by atoms with Crippen LogP contribution in [-0.2, 0) is 4.74 Å². The van der Waals surface area contributed by atoms with E-state index in [1.807, 2.05) is 0 Å². The first-order valence-electron chi connectivity index (χ1n) is 8.95. The third-order valence-corrected chi connectivity index (χ3v) is 5.52. The number of nitrogens with one attached hydrogen (secondary N) is 1. The van der Waals surface area contributed by atoms with E-state index in [2.05, 4.69) is 28.7 Å². The number of nitrogens with zero attached hydrogens (tertiary/aromatic N) is 4. The summed E-state index contributed by atoms with van der Waals surface area (Å²) in [5, 5.41) is 4.80. The zero-order chi connectivity index (χ0) is 16.7. The summed E-state index contributed by atoms with van der Waals surface area (Å²) in [6.07, 6.45) is 3.52. The Morgan fingerprint density at radius 3 is 2.83 bits per heavy atom. The van der Waals surface area contributed by atoms with Gasteiger partial charge in [-0.15, -0.1) is 0 Å². The molecule has 0 bridgehead atoms. The van der Waals surface area contributed by atoms with E-state index in [-0.39, 0.29) is 11.5 Å². The van der Waals surface area contributed by atoms with Gasteiger partial charge in [0.05, 0.1) is 6.20 Å². The Labute approximate surface area is 141 Å². The molecule has 7 nitrogen and oxygen atoms in total. The summed E-state index contributed by atoms with van der Waals surface area (Å²) in [4.78, 5) is 22.4. The molecular weight excluding hydrogens is 306 g/mol. The van der Waals surface area contributed by atoms with Crippen molar-refractivity contribution in [1.82, 2.24) is 24.5 Å². The molecule has 0 aliphatic carbocycles. The summed E-state index contributed by atoms with van der Waals surface area (Å²) in [6, 6.07) is 0. The summed E-state index contributed by atoms with van der Waals surface area (Å²) < 4.78 is 7.23. The molecule has 2 aliphatic rings. The van der Waals surface area contributed by atoms with Gasteiger partial charge in [-0.25, -0.2) is 9.50 Å². The summed E-state index contributed by atoms with van der Waals surface area (Å²) in [6.45, 7) is 8.95. The number of H-pyrrole nitrogens is 1. The highest BCUT2D eigenvalue weighted by Gasteiger charge is 2.32. The Morgan fingerprint density at radius 1 is 1.33 bits per heavy atom. The van der Waals surface area contributed by atoms with Gasteiger partial charge in [0.1, 0.15) is 11.6 Å². The van der Waals surface area contributed by atoms with Gasteiger partial charge < -0.3 is 14.6 Å². The molecule has 1 N–H and O–H groups in total. The first-order valence-corrected chi connectivity index (χ1v) is 8.95. The van der Waals surface area contributed by atoms with Gasteiger partial charge in [-0.05, 0) is 25.3 Å². The average molecular weight is 331 g/mol. The van der Waals surface area contributed by atoms with E-state index >= 15 is 0 Å². The second kappa shape index (κ2) is 6.29. The van der Waals surface area contributed by atoms with Gasteiger partial charge >= 0.3 is 0 Å². The molecule has 130 valence electrons. The average Bonchev–Trinajstić information content (AvgIpc) is 3.19. The molecule has 2 aromatic rings. The number of ether oxygens (including phenoxy) is 1. The fourth-order valence-electron chi connectivity index (χ4n) is 4.02. The molecule has 2 saturated heterocycles. The van der Waals surface area contributed by atoms with Crippen molar-refractivity contribution in [2.75, 3.05) is 32.8 Å². The molecule has 0 aromatic carbocycles. The third-order valence-electron chi connectivity index (χ3n) is 5.52. The van der Waals surface area contributed by atoms with Gasteiger partial charge in [0.15, 0.2) is 5.52 Å². The number of fused-ring (bicyclic) bond motifs is 1. The molecule has 4 rings (SSSR count). The monoisotopic (exact) mass is 331 g/mol. The van der Waals surface area contributed by atoms with Crippen LogP contribution in [0, 0.1) is 5.92 Å². The van der Waals surface area contributed by atoms with E-state index < -0.39 is 0 Å². The van der Waals surface area contributed by atoms with Gasteiger partial charge in [0.25, 0.3) is 5.56 Å². The van der Waals surface area contributed by atoms with E-state index in [0.717, 1.165) is 57.3 Å². The summed E-state index contributed by atoms with van der Waals surface area (Å²) in [7, 11) is 0. The predicted octanol–water partition coefficient (Wildman–Crippen LogP) is 1.37. The van der Waals surface area contributed by atoms with Crippen molar-refractivity contribution in [2.24, 2.45) is 5.92 Å². The Bertz CT molecular complexity index is 777. The molecule has 2 aliphatic heterocycles. The van der Waals surface area contributed by atoms with Crippen LogP contribution in [0.15, 0.2) is 11.0 Å². The number of rotatable bonds is 3. The molecule has 7 heteroatoms.